The van der Waals surface area contributed by atoms with E-state index >= 15 is 0 Å². The van der Waals surface area contributed by atoms with Gasteiger partial charge in [-0.15, -0.1) is 11.3 Å². The molecule has 0 spiro atoms. The van der Waals surface area contributed by atoms with Crippen LogP contribution in [0.2, 0.25) is 0 Å². The largest absolute Gasteiger partial charge is 0.497 e. The highest BCUT2D eigenvalue weighted by molar-refractivity contribution is 7.71. The first-order valence-corrected chi connectivity index (χ1v) is 7.22. The first-order chi connectivity index (χ1) is 9.60. The molecule has 1 aromatic carbocycles. The summed E-state index contributed by atoms with van der Waals surface area (Å²) in [7, 11) is 1.63. The van der Waals surface area contributed by atoms with Crippen molar-refractivity contribution in [3.63, 3.8) is 0 Å². The smallest absolute Gasteiger partial charge is 0.261 e. The van der Waals surface area contributed by atoms with Crippen LogP contribution in [0, 0.1) is 11.7 Å². The third-order valence-corrected chi connectivity index (χ3v) is 4.35. The summed E-state index contributed by atoms with van der Waals surface area (Å²) in [5.74, 6) is 0.765. The molecule has 20 heavy (non-hydrogen) atoms. The standard InChI is InChI=1S/C14H12N2O2S2/c1-7-10(8-4-3-5-9(6-8)18-2)11-12(17)15-14(19)16-13(11)20-7/h3-6H,1-2H3,(H2,15,16,17,19). The Morgan fingerprint density at radius 3 is 2.85 bits per heavy atom. The molecule has 0 unspecified atom stereocenters. The van der Waals surface area contributed by atoms with E-state index in [9.17, 15) is 4.79 Å². The predicted molar refractivity (Wildman–Crippen MR) is 84.4 cm³/mol. The van der Waals surface area contributed by atoms with Gasteiger partial charge in [0.1, 0.15) is 10.6 Å². The predicted octanol–water partition coefficient (Wildman–Crippen LogP) is 3.63. The number of aromatic amines is 2. The van der Waals surface area contributed by atoms with Crippen LogP contribution in [0.5, 0.6) is 5.75 Å². The summed E-state index contributed by atoms with van der Waals surface area (Å²) in [6, 6.07) is 7.69. The van der Waals surface area contributed by atoms with Crippen molar-refractivity contribution in [1.82, 2.24) is 9.97 Å². The van der Waals surface area contributed by atoms with Gasteiger partial charge in [0, 0.05) is 10.4 Å². The van der Waals surface area contributed by atoms with E-state index in [1.165, 1.54) is 11.3 Å². The molecule has 0 aliphatic rings. The number of hydrogen-bond donors (Lipinski definition) is 2. The van der Waals surface area contributed by atoms with Crippen LogP contribution in [0.25, 0.3) is 21.3 Å². The number of fused-ring (bicyclic) bond motifs is 1. The second kappa shape index (κ2) is 4.88. The number of H-pyrrole nitrogens is 2. The second-order valence-corrected chi connectivity index (χ2v) is 6.01. The lowest BCUT2D eigenvalue weighted by molar-refractivity contribution is 0.415. The van der Waals surface area contributed by atoms with Crippen LogP contribution in [-0.2, 0) is 0 Å². The number of hydrogen-bond acceptors (Lipinski definition) is 4. The van der Waals surface area contributed by atoms with Crippen LogP contribution in [0.15, 0.2) is 29.1 Å². The number of thiophene rings is 1. The number of nitrogens with one attached hydrogen (secondary N) is 2. The molecule has 0 fully saturated rings. The average molecular weight is 304 g/mol. The van der Waals surface area contributed by atoms with Gasteiger partial charge in [-0.25, -0.2) is 0 Å². The zero-order chi connectivity index (χ0) is 14.3. The van der Waals surface area contributed by atoms with E-state index in [4.69, 9.17) is 17.0 Å². The molecule has 6 heteroatoms. The lowest BCUT2D eigenvalue weighted by atomic mass is 10.0. The zero-order valence-corrected chi connectivity index (χ0v) is 12.6. The van der Waals surface area contributed by atoms with Crippen LogP contribution >= 0.6 is 23.6 Å². The maximum atomic E-state index is 12.2. The van der Waals surface area contributed by atoms with Crippen molar-refractivity contribution >= 4 is 33.8 Å². The van der Waals surface area contributed by atoms with E-state index in [1.807, 2.05) is 31.2 Å². The molecule has 4 nitrogen and oxygen atoms in total. The normalized spacial score (nSPS) is 10.9. The third kappa shape index (κ3) is 2.07. The Morgan fingerprint density at radius 1 is 1.30 bits per heavy atom. The van der Waals surface area contributed by atoms with Crippen molar-refractivity contribution < 1.29 is 4.74 Å². The minimum atomic E-state index is -0.161. The van der Waals surface area contributed by atoms with Crippen LogP contribution in [-0.4, -0.2) is 17.1 Å². The summed E-state index contributed by atoms with van der Waals surface area (Å²) < 4.78 is 5.60. The molecule has 0 amide bonds. The summed E-state index contributed by atoms with van der Waals surface area (Å²) in [6.45, 7) is 2.00. The summed E-state index contributed by atoms with van der Waals surface area (Å²) in [6.07, 6.45) is 0. The van der Waals surface area contributed by atoms with E-state index in [2.05, 4.69) is 9.97 Å². The van der Waals surface area contributed by atoms with Gasteiger partial charge in [0.25, 0.3) is 5.56 Å². The van der Waals surface area contributed by atoms with Gasteiger partial charge in [0.15, 0.2) is 4.77 Å². The molecule has 0 bridgehead atoms. The molecule has 0 aliphatic heterocycles. The Morgan fingerprint density at radius 2 is 2.10 bits per heavy atom. The van der Waals surface area contributed by atoms with Crippen LogP contribution in [0.3, 0.4) is 0 Å². The van der Waals surface area contributed by atoms with E-state index in [0.717, 1.165) is 26.6 Å². The lowest BCUT2D eigenvalue weighted by Crippen LogP contribution is -2.07. The molecule has 3 rings (SSSR count). The van der Waals surface area contributed by atoms with Crippen molar-refractivity contribution in [2.45, 2.75) is 6.92 Å². The summed E-state index contributed by atoms with van der Waals surface area (Å²) in [5, 5.41) is 0.648. The monoisotopic (exact) mass is 304 g/mol. The van der Waals surface area contributed by atoms with Gasteiger partial charge in [-0.05, 0) is 36.8 Å². The minimum absolute atomic E-state index is 0.161. The Bertz CT molecular complexity index is 905. The Kier molecular flexibility index (Phi) is 3.19. The van der Waals surface area contributed by atoms with Crippen LogP contribution in [0.1, 0.15) is 4.88 Å². The molecule has 0 saturated carbocycles. The number of aromatic nitrogens is 2. The molecular formula is C14H12N2O2S2. The number of rotatable bonds is 2. The molecule has 0 saturated heterocycles. The maximum Gasteiger partial charge on any atom is 0.261 e. The quantitative estimate of drug-likeness (QED) is 0.711. The van der Waals surface area contributed by atoms with Gasteiger partial charge in [0.05, 0.1) is 12.5 Å². The van der Waals surface area contributed by atoms with Crippen molar-refractivity contribution in [3.05, 3.63) is 44.3 Å². The summed E-state index contributed by atoms with van der Waals surface area (Å²) in [4.78, 5) is 19.7. The maximum absolute atomic E-state index is 12.2. The van der Waals surface area contributed by atoms with Gasteiger partial charge in [-0.2, -0.15) is 0 Å². The molecule has 3 aromatic rings. The first-order valence-electron chi connectivity index (χ1n) is 6.00. The van der Waals surface area contributed by atoms with E-state index in [0.29, 0.717) is 10.2 Å². The van der Waals surface area contributed by atoms with Crippen molar-refractivity contribution in [2.24, 2.45) is 0 Å². The number of benzene rings is 1. The number of aryl methyl sites for hydroxylation is 1. The van der Waals surface area contributed by atoms with Gasteiger partial charge in [-0.3, -0.25) is 9.78 Å². The highest BCUT2D eigenvalue weighted by Gasteiger charge is 2.15. The SMILES string of the molecule is COc1cccc(-c2c(C)sc3[nH]c(=S)[nH]c(=O)c23)c1. The number of methoxy groups -OCH3 is 1. The number of ether oxygens (including phenoxy) is 1. The minimum Gasteiger partial charge on any atom is -0.497 e. The Balaban J connectivity index is 2.38. The van der Waals surface area contributed by atoms with Crippen LogP contribution in [0.4, 0.5) is 0 Å². The molecule has 2 aromatic heterocycles. The average Bonchev–Trinajstić information content (AvgIpc) is 2.75. The Hall–Kier alpha value is -1.92. The lowest BCUT2D eigenvalue weighted by Gasteiger charge is -2.04. The fourth-order valence-corrected chi connectivity index (χ4v) is 3.61. The van der Waals surface area contributed by atoms with Crippen molar-refractivity contribution in [3.8, 4) is 16.9 Å². The molecule has 0 atom stereocenters. The second-order valence-electron chi connectivity index (χ2n) is 4.38. The molecule has 102 valence electrons. The highest BCUT2D eigenvalue weighted by Crippen LogP contribution is 2.36. The molecule has 0 aliphatic carbocycles. The van der Waals surface area contributed by atoms with Gasteiger partial charge >= 0.3 is 0 Å². The first kappa shape index (κ1) is 13.1. The molecular weight excluding hydrogens is 292 g/mol. The van der Waals surface area contributed by atoms with E-state index < -0.39 is 0 Å². The molecule has 0 radical (unpaired) electrons. The molecule has 2 N–H and O–H groups in total. The summed E-state index contributed by atoms with van der Waals surface area (Å²) >= 11 is 6.54. The highest BCUT2D eigenvalue weighted by atomic mass is 32.1. The summed E-state index contributed by atoms with van der Waals surface area (Å²) in [5.41, 5.74) is 1.73. The molecule has 2 heterocycles. The Labute approximate surface area is 124 Å². The van der Waals surface area contributed by atoms with Gasteiger partial charge < -0.3 is 9.72 Å². The van der Waals surface area contributed by atoms with Crippen LogP contribution < -0.4 is 10.3 Å². The fourth-order valence-electron chi connectivity index (χ4n) is 2.28. The van der Waals surface area contributed by atoms with E-state index in [-0.39, 0.29) is 5.56 Å². The van der Waals surface area contributed by atoms with E-state index in [1.54, 1.807) is 7.11 Å². The zero-order valence-electron chi connectivity index (χ0n) is 10.9. The fraction of sp³-hybridized carbons (Fsp3) is 0.143. The third-order valence-electron chi connectivity index (χ3n) is 3.12. The van der Waals surface area contributed by atoms with Crippen molar-refractivity contribution in [2.75, 3.05) is 7.11 Å². The topological polar surface area (TPSA) is 57.9 Å². The van der Waals surface area contributed by atoms with Crippen molar-refractivity contribution in [1.29, 1.82) is 0 Å². The van der Waals surface area contributed by atoms with Gasteiger partial charge in [-0.1, -0.05) is 12.1 Å². The van der Waals surface area contributed by atoms with Gasteiger partial charge in [0.2, 0.25) is 0 Å².